The van der Waals surface area contributed by atoms with Crippen LogP contribution in [0.5, 0.6) is 11.5 Å². The number of benzene rings is 3. The number of ether oxygens (including phenoxy) is 3. The van der Waals surface area contributed by atoms with Gasteiger partial charge in [0.15, 0.2) is 16.3 Å². The van der Waals surface area contributed by atoms with Gasteiger partial charge in [-0.15, -0.1) is 0 Å². The van der Waals surface area contributed by atoms with Crippen molar-refractivity contribution in [3.05, 3.63) is 123 Å². The van der Waals surface area contributed by atoms with E-state index in [1.807, 2.05) is 79.7 Å². The maximum absolute atomic E-state index is 13.9. The summed E-state index contributed by atoms with van der Waals surface area (Å²) in [5.41, 5.74) is 3.05. The number of rotatable bonds is 8. The van der Waals surface area contributed by atoms with Crippen molar-refractivity contribution in [2.45, 2.75) is 26.5 Å². The van der Waals surface area contributed by atoms with Crippen molar-refractivity contribution in [2.75, 3.05) is 13.7 Å². The molecule has 0 radical (unpaired) electrons. The van der Waals surface area contributed by atoms with Gasteiger partial charge in [0.2, 0.25) is 0 Å². The standard InChI is InChI=1S/C31H26ClIN2O5S/c1-4-39-24-15-19(14-23(33)28(24)40-17-21-12-8-9-13-22(21)32)16-25-29(36)35-27(20-10-6-5-7-11-20)26(30(37)38-3)18(2)34-31(35)41-25/h5-16,27H,4,17H2,1-3H3. The molecule has 7 nitrogen and oxygen atoms in total. The number of carbonyl (C=O) groups excluding carboxylic acids is 1. The predicted molar refractivity (Wildman–Crippen MR) is 168 cm³/mol. The summed E-state index contributed by atoms with van der Waals surface area (Å²) in [6.45, 7) is 4.39. The molecule has 0 spiro atoms. The average Bonchev–Trinajstić information content (AvgIpc) is 3.26. The van der Waals surface area contributed by atoms with Crippen LogP contribution in [0.3, 0.4) is 0 Å². The molecule has 210 valence electrons. The Kier molecular flexibility index (Phi) is 8.96. The maximum Gasteiger partial charge on any atom is 0.338 e. The molecule has 0 amide bonds. The number of hydrogen-bond acceptors (Lipinski definition) is 7. The van der Waals surface area contributed by atoms with Gasteiger partial charge in [-0.25, -0.2) is 9.79 Å². The summed E-state index contributed by atoms with van der Waals surface area (Å²) >= 11 is 9.79. The highest BCUT2D eigenvalue weighted by Gasteiger charge is 2.33. The van der Waals surface area contributed by atoms with Crippen LogP contribution in [0.15, 0.2) is 87.8 Å². The molecule has 10 heteroatoms. The molecule has 0 aliphatic carbocycles. The SMILES string of the molecule is CCOc1cc(C=c2sc3n(c2=O)C(c2ccccc2)C(C(=O)OC)=C(C)N=3)cc(I)c1OCc1ccccc1Cl. The summed E-state index contributed by atoms with van der Waals surface area (Å²) < 4.78 is 20.0. The first kappa shape index (κ1) is 29.1. The fraction of sp³-hybridized carbons (Fsp3) is 0.194. The van der Waals surface area contributed by atoms with Gasteiger partial charge in [-0.05, 0) is 71.8 Å². The van der Waals surface area contributed by atoms with Crippen molar-refractivity contribution in [1.82, 2.24) is 4.57 Å². The van der Waals surface area contributed by atoms with Gasteiger partial charge in [0.05, 0.1) is 39.1 Å². The quantitative estimate of drug-likeness (QED) is 0.176. The second-order valence-electron chi connectivity index (χ2n) is 9.13. The molecular formula is C31H26ClIN2O5S. The molecule has 0 saturated heterocycles. The van der Waals surface area contributed by atoms with Crippen LogP contribution in [-0.4, -0.2) is 24.3 Å². The van der Waals surface area contributed by atoms with Gasteiger partial charge in [-0.1, -0.05) is 71.5 Å². The summed E-state index contributed by atoms with van der Waals surface area (Å²) in [4.78, 5) is 31.8. The molecule has 0 saturated carbocycles. The normalized spacial score (nSPS) is 14.9. The Hall–Kier alpha value is -3.41. The highest BCUT2D eigenvalue weighted by Crippen LogP contribution is 2.36. The number of nitrogens with zero attached hydrogens (tertiary/aromatic N) is 2. The first-order chi connectivity index (χ1) is 19.8. The van der Waals surface area contributed by atoms with Crippen molar-refractivity contribution < 1.29 is 19.0 Å². The average molecular weight is 701 g/mol. The molecule has 1 unspecified atom stereocenters. The van der Waals surface area contributed by atoms with E-state index in [1.54, 1.807) is 11.5 Å². The molecule has 1 aromatic heterocycles. The predicted octanol–water partition coefficient (Wildman–Crippen LogP) is 5.64. The van der Waals surface area contributed by atoms with Gasteiger partial charge in [-0.3, -0.25) is 9.36 Å². The Morgan fingerprint density at radius 2 is 1.85 bits per heavy atom. The van der Waals surface area contributed by atoms with E-state index < -0.39 is 12.0 Å². The van der Waals surface area contributed by atoms with Crippen molar-refractivity contribution in [2.24, 2.45) is 4.99 Å². The minimum Gasteiger partial charge on any atom is -0.490 e. The van der Waals surface area contributed by atoms with Gasteiger partial charge in [0.25, 0.3) is 5.56 Å². The Morgan fingerprint density at radius 1 is 1.12 bits per heavy atom. The lowest BCUT2D eigenvalue weighted by Crippen LogP contribution is -2.39. The molecule has 41 heavy (non-hydrogen) atoms. The van der Waals surface area contributed by atoms with Crippen molar-refractivity contribution in [3.63, 3.8) is 0 Å². The zero-order valence-corrected chi connectivity index (χ0v) is 26.2. The van der Waals surface area contributed by atoms with Gasteiger partial charge >= 0.3 is 5.97 Å². The van der Waals surface area contributed by atoms with Crippen LogP contribution in [0.25, 0.3) is 6.08 Å². The molecule has 0 fully saturated rings. The summed E-state index contributed by atoms with van der Waals surface area (Å²) in [5, 5.41) is 0.631. The molecule has 1 aliphatic heterocycles. The van der Waals surface area contributed by atoms with Crippen molar-refractivity contribution in [3.8, 4) is 11.5 Å². The third-order valence-corrected chi connectivity index (χ3v) is 8.65. The van der Waals surface area contributed by atoms with Crippen LogP contribution >= 0.6 is 45.5 Å². The number of thiazole rings is 1. The number of aromatic nitrogens is 1. The summed E-state index contributed by atoms with van der Waals surface area (Å²) in [6.07, 6.45) is 1.81. The second-order valence-corrected chi connectivity index (χ2v) is 11.7. The zero-order chi connectivity index (χ0) is 29.1. The number of carbonyl (C=O) groups is 1. The van der Waals surface area contributed by atoms with E-state index in [9.17, 15) is 9.59 Å². The first-order valence-corrected chi connectivity index (χ1v) is 15.1. The third-order valence-electron chi connectivity index (χ3n) is 6.50. The first-order valence-electron chi connectivity index (χ1n) is 12.8. The molecule has 5 rings (SSSR count). The summed E-state index contributed by atoms with van der Waals surface area (Å²) in [6, 6.07) is 20.1. The summed E-state index contributed by atoms with van der Waals surface area (Å²) in [7, 11) is 1.33. The fourth-order valence-corrected chi connectivity index (χ4v) is 6.65. The Bertz CT molecular complexity index is 1830. The summed E-state index contributed by atoms with van der Waals surface area (Å²) in [5.74, 6) is 0.655. The number of fused-ring (bicyclic) bond motifs is 1. The smallest absolute Gasteiger partial charge is 0.338 e. The van der Waals surface area contributed by atoms with E-state index in [0.29, 0.717) is 43.7 Å². The molecule has 0 N–H and O–H groups in total. The second kappa shape index (κ2) is 12.6. The minimum atomic E-state index is -0.651. The lowest BCUT2D eigenvalue weighted by atomic mass is 9.96. The monoisotopic (exact) mass is 700 g/mol. The fourth-order valence-electron chi connectivity index (χ4n) is 4.63. The highest BCUT2D eigenvalue weighted by molar-refractivity contribution is 14.1. The Balaban J connectivity index is 1.58. The van der Waals surface area contributed by atoms with Crippen LogP contribution in [0, 0.1) is 3.57 Å². The van der Waals surface area contributed by atoms with E-state index in [-0.39, 0.29) is 12.2 Å². The lowest BCUT2D eigenvalue weighted by molar-refractivity contribution is -0.136. The van der Waals surface area contributed by atoms with Crippen molar-refractivity contribution >= 4 is 57.6 Å². The van der Waals surface area contributed by atoms with E-state index in [0.717, 1.165) is 20.3 Å². The van der Waals surface area contributed by atoms with Crippen LogP contribution in [0.1, 0.15) is 36.6 Å². The lowest BCUT2D eigenvalue weighted by Gasteiger charge is -2.24. The molecule has 3 aromatic carbocycles. The molecule has 0 bridgehead atoms. The molecule has 1 aliphatic rings. The van der Waals surface area contributed by atoms with E-state index >= 15 is 0 Å². The van der Waals surface area contributed by atoms with Crippen LogP contribution in [-0.2, 0) is 16.1 Å². The number of hydrogen-bond donors (Lipinski definition) is 0. The van der Waals surface area contributed by atoms with Crippen LogP contribution in [0.4, 0.5) is 0 Å². The van der Waals surface area contributed by atoms with Gasteiger partial charge in [-0.2, -0.15) is 0 Å². The maximum atomic E-state index is 13.9. The van der Waals surface area contributed by atoms with Gasteiger partial charge in [0.1, 0.15) is 6.61 Å². The van der Waals surface area contributed by atoms with E-state index in [1.165, 1.54) is 18.4 Å². The molecule has 2 heterocycles. The molecule has 1 atom stereocenters. The number of allylic oxidation sites excluding steroid dienone is 1. The topological polar surface area (TPSA) is 79.1 Å². The Labute approximate surface area is 259 Å². The highest BCUT2D eigenvalue weighted by atomic mass is 127. The zero-order valence-electron chi connectivity index (χ0n) is 22.5. The molecule has 4 aromatic rings. The largest absolute Gasteiger partial charge is 0.490 e. The number of halogens is 2. The van der Waals surface area contributed by atoms with Crippen molar-refractivity contribution in [1.29, 1.82) is 0 Å². The third kappa shape index (κ3) is 5.98. The van der Waals surface area contributed by atoms with Crippen LogP contribution < -0.4 is 24.4 Å². The number of methoxy groups -OCH3 is 1. The van der Waals surface area contributed by atoms with Gasteiger partial charge < -0.3 is 14.2 Å². The van der Waals surface area contributed by atoms with Crippen LogP contribution in [0.2, 0.25) is 5.02 Å². The number of esters is 1. The van der Waals surface area contributed by atoms with Gasteiger partial charge in [0, 0.05) is 10.6 Å². The Morgan fingerprint density at radius 3 is 2.56 bits per heavy atom. The van der Waals surface area contributed by atoms with E-state index in [4.69, 9.17) is 25.8 Å². The minimum absolute atomic E-state index is 0.247. The van der Waals surface area contributed by atoms with E-state index in [2.05, 4.69) is 27.6 Å². The molecular weight excluding hydrogens is 675 g/mol.